The topological polar surface area (TPSA) is 39.9 Å². The number of hydrogen-bond donors (Lipinski definition) is 0. The summed E-state index contributed by atoms with van der Waals surface area (Å²) in [6.45, 7) is 4.94. The standard InChI is InChI=1S/C20H27F2N3O/c1-20(2)9-8-16(18(22)10-14-4-6-15(21)7-5-14)17(19(20)26-3)11-25-13-23-12-24-25/h4-7,12-13,16-19H,8-11H2,1-3H3/t16-,17-,18?,19+/m0/s1. The molecule has 0 aliphatic heterocycles. The first-order valence-electron chi connectivity index (χ1n) is 9.14. The van der Waals surface area contributed by atoms with Crippen LogP contribution in [0.5, 0.6) is 0 Å². The third-order valence-electron chi connectivity index (χ3n) is 5.76. The van der Waals surface area contributed by atoms with Crippen LogP contribution in [0, 0.1) is 23.1 Å². The predicted octanol–water partition coefficient (Wildman–Crippen LogP) is 4.07. The van der Waals surface area contributed by atoms with Crippen molar-refractivity contribution in [2.45, 2.75) is 51.9 Å². The van der Waals surface area contributed by atoms with Crippen molar-refractivity contribution in [1.29, 1.82) is 0 Å². The Morgan fingerprint density at radius 2 is 2.04 bits per heavy atom. The van der Waals surface area contributed by atoms with Gasteiger partial charge in [0.25, 0.3) is 0 Å². The average Bonchev–Trinajstić information content (AvgIpc) is 3.10. The molecule has 1 aromatic carbocycles. The van der Waals surface area contributed by atoms with Crippen LogP contribution in [0.25, 0.3) is 0 Å². The third kappa shape index (κ3) is 4.11. The van der Waals surface area contributed by atoms with Gasteiger partial charge in [-0.25, -0.2) is 13.8 Å². The maximum Gasteiger partial charge on any atom is 0.137 e. The Kier molecular flexibility index (Phi) is 5.70. The molecule has 1 aliphatic carbocycles. The maximum absolute atomic E-state index is 15.3. The van der Waals surface area contributed by atoms with Crippen LogP contribution in [0.3, 0.4) is 0 Å². The van der Waals surface area contributed by atoms with Gasteiger partial charge in [-0.05, 0) is 41.9 Å². The lowest BCUT2D eigenvalue weighted by Crippen LogP contribution is -2.50. The Hall–Kier alpha value is -1.82. The number of hydrogen-bond acceptors (Lipinski definition) is 3. The SMILES string of the molecule is CO[C@@H]1[C@@H](Cn2cncn2)[C@@H](C(F)Cc2ccc(F)cc2)CCC1(C)C. The van der Waals surface area contributed by atoms with E-state index in [-0.39, 0.29) is 35.6 Å². The first-order chi connectivity index (χ1) is 12.4. The average molecular weight is 363 g/mol. The molecule has 1 aliphatic rings. The Bertz CT molecular complexity index is 688. The molecule has 4 nitrogen and oxygen atoms in total. The number of ether oxygens (including phenoxy) is 1. The molecular weight excluding hydrogens is 336 g/mol. The lowest BCUT2D eigenvalue weighted by atomic mass is 9.63. The zero-order valence-corrected chi connectivity index (χ0v) is 15.6. The monoisotopic (exact) mass is 363 g/mol. The molecule has 142 valence electrons. The van der Waals surface area contributed by atoms with Crippen LogP contribution in [0.1, 0.15) is 32.3 Å². The molecule has 0 N–H and O–H groups in total. The normalized spacial score (nSPS) is 26.6. The molecule has 1 unspecified atom stereocenters. The highest BCUT2D eigenvalue weighted by molar-refractivity contribution is 5.17. The van der Waals surface area contributed by atoms with Crippen molar-refractivity contribution in [1.82, 2.24) is 14.8 Å². The fourth-order valence-electron chi connectivity index (χ4n) is 4.41. The highest BCUT2D eigenvalue weighted by Crippen LogP contribution is 2.46. The van der Waals surface area contributed by atoms with E-state index in [1.807, 2.05) is 0 Å². The van der Waals surface area contributed by atoms with Gasteiger partial charge in [0.1, 0.15) is 24.6 Å². The van der Waals surface area contributed by atoms with Crippen molar-refractivity contribution >= 4 is 0 Å². The van der Waals surface area contributed by atoms with Gasteiger partial charge in [0.15, 0.2) is 0 Å². The quantitative estimate of drug-likeness (QED) is 0.777. The fourth-order valence-corrected chi connectivity index (χ4v) is 4.41. The highest BCUT2D eigenvalue weighted by atomic mass is 19.1. The summed E-state index contributed by atoms with van der Waals surface area (Å²) < 4.78 is 36.0. The lowest BCUT2D eigenvalue weighted by Gasteiger charge is -2.48. The van der Waals surface area contributed by atoms with Gasteiger partial charge < -0.3 is 4.74 Å². The summed E-state index contributed by atoms with van der Waals surface area (Å²) in [4.78, 5) is 4.00. The molecule has 2 aromatic rings. The number of methoxy groups -OCH3 is 1. The zero-order chi connectivity index (χ0) is 18.7. The third-order valence-corrected chi connectivity index (χ3v) is 5.76. The van der Waals surface area contributed by atoms with Crippen LogP contribution >= 0.6 is 0 Å². The minimum Gasteiger partial charge on any atom is -0.381 e. The van der Waals surface area contributed by atoms with E-state index in [2.05, 4.69) is 23.9 Å². The molecule has 6 heteroatoms. The molecule has 26 heavy (non-hydrogen) atoms. The van der Waals surface area contributed by atoms with Crippen molar-refractivity contribution < 1.29 is 13.5 Å². The molecular formula is C20H27F2N3O. The molecule has 0 spiro atoms. The number of aromatic nitrogens is 3. The van der Waals surface area contributed by atoms with E-state index in [0.717, 1.165) is 18.4 Å². The second kappa shape index (κ2) is 7.82. The number of alkyl halides is 1. The molecule has 0 bridgehead atoms. The van der Waals surface area contributed by atoms with Crippen LogP contribution in [0.2, 0.25) is 0 Å². The molecule has 3 rings (SSSR count). The fraction of sp³-hybridized carbons (Fsp3) is 0.600. The van der Waals surface area contributed by atoms with Crippen LogP contribution < -0.4 is 0 Å². The number of benzene rings is 1. The highest BCUT2D eigenvalue weighted by Gasteiger charge is 2.47. The van der Waals surface area contributed by atoms with Crippen molar-refractivity contribution in [2.24, 2.45) is 17.3 Å². The minimum absolute atomic E-state index is 0.000832. The molecule has 1 heterocycles. The zero-order valence-electron chi connectivity index (χ0n) is 15.6. The Morgan fingerprint density at radius 3 is 2.65 bits per heavy atom. The summed E-state index contributed by atoms with van der Waals surface area (Å²) in [5, 5.41) is 4.20. The van der Waals surface area contributed by atoms with Crippen molar-refractivity contribution in [3.63, 3.8) is 0 Å². The summed E-state index contributed by atoms with van der Waals surface area (Å²) in [7, 11) is 1.70. The van der Waals surface area contributed by atoms with Crippen molar-refractivity contribution in [2.75, 3.05) is 7.11 Å². The van der Waals surface area contributed by atoms with E-state index in [0.29, 0.717) is 6.54 Å². The summed E-state index contributed by atoms with van der Waals surface area (Å²) in [6.07, 6.45) is 4.09. The van der Waals surface area contributed by atoms with E-state index < -0.39 is 6.17 Å². The van der Waals surface area contributed by atoms with Gasteiger partial charge in [-0.3, -0.25) is 4.68 Å². The molecule has 1 aromatic heterocycles. The van der Waals surface area contributed by atoms with Crippen LogP contribution in [-0.4, -0.2) is 34.1 Å². The number of rotatable bonds is 6. The van der Waals surface area contributed by atoms with Gasteiger partial charge >= 0.3 is 0 Å². The van der Waals surface area contributed by atoms with E-state index >= 15 is 4.39 Å². The van der Waals surface area contributed by atoms with E-state index in [4.69, 9.17) is 4.74 Å². The molecule has 1 saturated carbocycles. The predicted molar refractivity (Wildman–Crippen MR) is 95.8 cm³/mol. The molecule has 0 amide bonds. The first kappa shape index (κ1) is 19.0. The van der Waals surface area contributed by atoms with E-state index in [1.165, 1.54) is 18.5 Å². The maximum atomic E-state index is 15.3. The summed E-state index contributed by atoms with van der Waals surface area (Å²) in [5.41, 5.74) is 0.795. The van der Waals surface area contributed by atoms with Gasteiger partial charge in [-0.2, -0.15) is 5.10 Å². The summed E-state index contributed by atoms with van der Waals surface area (Å²) in [6, 6.07) is 6.09. The van der Waals surface area contributed by atoms with Gasteiger partial charge in [-0.1, -0.05) is 26.0 Å². The molecule has 4 atom stereocenters. The van der Waals surface area contributed by atoms with Gasteiger partial charge in [0.2, 0.25) is 0 Å². The Labute approximate surface area is 153 Å². The van der Waals surface area contributed by atoms with Crippen LogP contribution in [-0.2, 0) is 17.7 Å². The Morgan fingerprint density at radius 1 is 1.31 bits per heavy atom. The molecule has 0 saturated heterocycles. The Balaban J connectivity index is 1.80. The molecule has 1 fully saturated rings. The van der Waals surface area contributed by atoms with Gasteiger partial charge in [-0.15, -0.1) is 0 Å². The van der Waals surface area contributed by atoms with E-state index in [9.17, 15) is 4.39 Å². The minimum atomic E-state index is -1.01. The van der Waals surface area contributed by atoms with Gasteiger partial charge in [0.05, 0.1) is 6.10 Å². The van der Waals surface area contributed by atoms with Gasteiger partial charge in [0, 0.05) is 26.0 Å². The summed E-state index contributed by atoms with van der Waals surface area (Å²) >= 11 is 0. The second-order valence-electron chi connectivity index (χ2n) is 7.98. The largest absolute Gasteiger partial charge is 0.381 e. The van der Waals surface area contributed by atoms with Crippen molar-refractivity contribution in [3.8, 4) is 0 Å². The smallest absolute Gasteiger partial charge is 0.137 e. The van der Waals surface area contributed by atoms with Crippen molar-refractivity contribution in [3.05, 3.63) is 48.3 Å². The number of halogens is 2. The molecule has 0 radical (unpaired) electrons. The van der Waals surface area contributed by atoms with E-state index in [1.54, 1.807) is 30.3 Å². The van der Waals surface area contributed by atoms with Crippen LogP contribution in [0.15, 0.2) is 36.9 Å². The lowest BCUT2D eigenvalue weighted by molar-refractivity contribution is -0.105. The summed E-state index contributed by atoms with van der Waals surface area (Å²) in [5.74, 6) is -0.435. The first-order valence-corrected chi connectivity index (χ1v) is 9.14. The number of nitrogens with zero attached hydrogens (tertiary/aromatic N) is 3. The second-order valence-corrected chi connectivity index (χ2v) is 7.98. The van der Waals surface area contributed by atoms with Crippen LogP contribution in [0.4, 0.5) is 8.78 Å².